The van der Waals surface area contributed by atoms with E-state index in [-0.39, 0.29) is 18.6 Å². The van der Waals surface area contributed by atoms with Gasteiger partial charge in [-0.25, -0.2) is 4.79 Å². The van der Waals surface area contributed by atoms with Gasteiger partial charge in [-0.15, -0.1) is 0 Å². The number of carbonyl (C=O) groups is 2. The number of carboxylic acid groups (broad SMARTS) is 1. The van der Waals surface area contributed by atoms with Crippen molar-refractivity contribution in [3.05, 3.63) is 12.4 Å². The maximum Gasteiger partial charge on any atom is 0.325 e. The van der Waals surface area contributed by atoms with Gasteiger partial charge in [0, 0.05) is 25.3 Å². The molecule has 8 nitrogen and oxygen atoms in total. The molecule has 0 saturated carbocycles. The molecule has 0 spiro atoms. The van der Waals surface area contributed by atoms with Gasteiger partial charge in [0.1, 0.15) is 6.54 Å². The van der Waals surface area contributed by atoms with Crippen molar-refractivity contribution in [1.29, 1.82) is 0 Å². The number of anilines is 1. The molecule has 0 aliphatic carbocycles. The van der Waals surface area contributed by atoms with Crippen molar-refractivity contribution in [1.82, 2.24) is 14.7 Å². The third-order valence-corrected chi connectivity index (χ3v) is 3.01. The summed E-state index contributed by atoms with van der Waals surface area (Å²) in [6, 6.07) is -0.0378. The van der Waals surface area contributed by atoms with Crippen LogP contribution in [0.4, 0.5) is 10.5 Å². The molecule has 0 unspecified atom stereocenters. The van der Waals surface area contributed by atoms with Crippen molar-refractivity contribution in [2.24, 2.45) is 5.73 Å². The first-order chi connectivity index (χ1) is 9.04. The highest BCUT2D eigenvalue weighted by Crippen LogP contribution is 2.11. The first-order valence-corrected chi connectivity index (χ1v) is 6.10. The predicted octanol–water partition coefficient (Wildman–Crippen LogP) is -0.0773. The molecule has 1 aliphatic heterocycles. The lowest BCUT2D eigenvalue weighted by Crippen LogP contribution is -2.44. The van der Waals surface area contributed by atoms with E-state index in [1.165, 1.54) is 17.1 Å². The molecule has 1 aliphatic rings. The Morgan fingerprint density at radius 3 is 2.79 bits per heavy atom. The Balaban J connectivity index is 1.88. The van der Waals surface area contributed by atoms with E-state index < -0.39 is 5.97 Å². The molecule has 8 heteroatoms. The van der Waals surface area contributed by atoms with E-state index in [0.717, 1.165) is 12.8 Å². The fraction of sp³-hybridized carbons (Fsp3) is 0.545. The highest BCUT2D eigenvalue weighted by molar-refractivity contribution is 5.89. The minimum Gasteiger partial charge on any atom is -0.480 e. The maximum atomic E-state index is 11.9. The van der Waals surface area contributed by atoms with Gasteiger partial charge >= 0.3 is 12.0 Å². The number of rotatable bonds is 3. The smallest absolute Gasteiger partial charge is 0.325 e. The van der Waals surface area contributed by atoms with Crippen LogP contribution in [0, 0.1) is 0 Å². The summed E-state index contributed by atoms with van der Waals surface area (Å²) in [7, 11) is 0. The number of nitrogens with one attached hydrogen (secondary N) is 1. The van der Waals surface area contributed by atoms with Crippen molar-refractivity contribution in [2.45, 2.75) is 25.4 Å². The standard InChI is InChI=1S/C11H17N5O3/c12-8-1-3-15(4-2-8)11(19)14-9-5-13-16(6-9)7-10(17)18/h5-6,8H,1-4,7,12H2,(H,14,19)(H,17,18). The minimum absolute atomic E-state index is 0.169. The molecule has 1 aromatic heterocycles. The van der Waals surface area contributed by atoms with Gasteiger partial charge in [-0.05, 0) is 12.8 Å². The number of likely N-dealkylation sites (tertiary alicyclic amines) is 1. The minimum atomic E-state index is -0.981. The summed E-state index contributed by atoms with van der Waals surface area (Å²) in [5, 5.41) is 15.2. The van der Waals surface area contributed by atoms with Crippen molar-refractivity contribution in [3.63, 3.8) is 0 Å². The molecule has 4 N–H and O–H groups in total. The van der Waals surface area contributed by atoms with E-state index in [9.17, 15) is 9.59 Å². The normalized spacial score (nSPS) is 16.4. The second-order valence-corrected chi connectivity index (χ2v) is 4.57. The summed E-state index contributed by atoms with van der Waals surface area (Å²) in [5.41, 5.74) is 6.26. The number of nitrogens with two attached hydrogens (primary N) is 1. The molecular formula is C11H17N5O3. The van der Waals surface area contributed by atoms with E-state index in [4.69, 9.17) is 10.8 Å². The van der Waals surface area contributed by atoms with Crippen LogP contribution in [0.25, 0.3) is 0 Å². The first-order valence-electron chi connectivity index (χ1n) is 6.10. The lowest BCUT2D eigenvalue weighted by Gasteiger charge is -2.29. The van der Waals surface area contributed by atoms with Gasteiger partial charge in [0.15, 0.2) is 0 Å². The summed E-state index contributed by atoms with van der Waals surface area (Å²) in [5.74, 6) is -0.981. The summed E-state index contributed by atoms with van der Waals surface area (Å²) in [6.07, 6.45) is 4.51. The Kier molecular flexibility index (Phi) is 4.00. The summed E-state index contributed by atoms with van der Waals surface area (Å²) in [4.78, 5) is 24.1. The number of aromatic nitrogens is 2. The van der Waals surface area contributed by atoms with Crippen LogP contribution in [0.15, 0.2) is 12.4 Å². The Morgan fingerprint density at radius 2 is 2.16 bits per heavy atom. The quantitative estimate of drug-likeness (QED) is 0.709. The fourth-order valence-electron chi connectivity index (χ4n) is 1.96. The van der Waals surface area contributed by atoms with Crippen molar-refractivity contribution >= 4 is 17.7 Å². The van der Waals surface area contributed by atoms with Crippen LogP contribution in [0.2, 0.25) is 0 Å². The third kappa shape index (κ3) is 3.68. The number of hydrogen-bond acceptors (Lipinski definition) is 4. The van der Waals surface area contributed by atoms with E-state index in [1.807, 2.05) is 0 Å². The number of aliphatic carboxylic acids is 1. The van der Waals surface area contributed by atoms with Gasteiger partial charge in [-0.3, -0.25) is 9.48 Å². The summed E-state index contributed by atoms with van der Waals surface area (Å²) in [6.45, 7) is 1.04. The maximum absolute atomic E-state index is 11.9. The molecule has 0 aromatic carbocycles. The Morgan fingerprint density at radius 1 is 1.47 bits per heavy atom. The van der Waals surface area contributed by atoms with E-state index in [0.29, 0.717) is 18.8 Å². The van der Waals surface area contributed by atoms with Crippen LogP contribution in [0.3, 0.4) is 0 Å². The molecule has 2 amide bonds. The number of urea groups is 1. The molecule has 0 radical (unpaired) electrons. The fourth-order valence-corrected chi connectivity index (χ4v) is 1.96. The molecular weight excluding hydrogens is 250 g/mol. The van der Waals surface area contributed by atoms with Gasteiger partial charge < -0.3 is 21.1 Å². The van der Waals surface area contributed by atoms with Gasteiger partial charge in [0.25, 0.3) is 0 Å². The van der Waals surface area contributed by atoms with Crippen molar-refractivity contribution in [2.75, 3.05) is 18.4 Å². The lowest BCUT2D eigenvalue weighted by molar-refractivity contribution is -0.137. The SMILES string of the molecule is NC1CCN(C(=O)Nc2cnn(CC(=O)O)c2)CC1. The number of carbonyl (C=O) groups excluding carboxylic acids is 1. The average molecular weight is 267 g/mol. The second kappa shape index (κ2) is 5.70. The zero-order chi connectivity index (χ0) is 13.8. The van der Waals surface area contributed by atoms with Crippen molar-refractivity contribution in [3.8, 4) is 0 Å². The molecule has 1 saturated heterocycles. The third-order valence-electron chi connectivity index (χ3n) is 3.01. The molecule has 2 heterocycles. The summed E-state index contributed by atoms with van der Waals surface area (Å²) >= 11 is 0. The van der Waals surface area contributed by atoms with Gasteiger partial charge in [-0.1, -0.05) is 0 Å². The van der Waals surface area contributed by atoms with E-state index in [2.05, 4.69) is 10.4 Å². The number of nitrogens with zero attached hydrogens (tertiary/aromatic N) is 3. The van der Waals surface area contributed by atoms with Crippen LogP contribution in [0.1, 0.15) is 12.8 Å². The van der Waals surface area contributed by atoms with Gasteiger partial charge in [0.2, 0.25) is 0 Å². The number of carboxylic acids is 1. The van der Waals surface area contributed by atoms with Gasteiger partial charge in [-0.2, -0.15) is 5.10 Å². The predicted molar refractivity (Wildman–Crippen MR) is 67.7 cm³/mol. The molecule has 0 atom stereocenters. The van der Waals surface area contributed by atoms with Crippen LogP contribution in [-0.4, -0.2) is 50.9 Å². The van der Waals surface area contributed by atoms with Crippen LogP contribution >= 0.6 is 0 Å². The van der Waals surface area contributed by atoms with E-state index in [1.54, 1.807) is 4.90 Å². The topological polar surface area (TPSA) is 113 Å². The highest BCUT2D eigenvalue weighted by atomic mass is 16.4. The Hall–Kier alpha value is -2.09. The largest absolute Gasteiger partial charge is 0.480 e. The second-order valence-electron chi connectivity index (χ2n) is 4.57. The number of piperidine rings is 1. The van der Waals surface area contributed by atoms with Crippen LogP contribution in [0.5, 0.6) is 0 Å². The Bertz CT molecular complexity index is 465. The van der Waals surface area contributed by atoms with Crippen molar-refractivity contribution < 1.29 is 14.7 Å². The molecule has 1 aromatic rings. The van der Waals surface area contributed by atoms with Crippen LogP contribution < -0.4 is 11.1 Å². The molecule has 1 fully saturated rings. The monoisotopic (exact) mass is 267 g/mol. The lowest BCUT2D eigenvalue weighted by atomic mass is 10.1. The molecule has 0 bridgehead atoms. The van der Waals surface area contributed by atoms with Crippen LogP contribution in [-0.2, 0) is 11.3 Å². The number of amides is 2. The van der Waals surface area contributed by atoms with Gasteiger partial charge in [0.05, 0.1) is 11.9 Å². The highest BCUT2D eigenvalue weighted by Gasteiger charge is 2.20. The summed E-state index contributed by atoms with van der Waals surface area (Å²) < 4.78 is 1.25. The average Bonchev–Trinajstić information content (AvgIpc) is 2.76. The Labute approximate surface area is 110 Å². The zero-order valence-electron chi connectivity index (χ0n) is 10.5. The zero-order valence-corrected chi connectivity index (χ0v) is 10.5. The molecule has 19 heavy (non-hydrogen) atoms. The molecule has 2 rings (SSSR count). The molecule has 104 valence electrons. The van der Waals surface area contributed by atoms with E-state index >= 15 is 0 Å². The number of hydrogen-bond donors (Lipinski definition) is 3. The first kappa shape index (κ1) is 13.3.